The molecule has 6 nitrogen and oxygen atoms in total. The minimum Gasteiger partial charge on any atom is -0.419 e. The number of hydrogen-bond acceptors (Lipinski definition) is 5. The van der Waals surface area contributed by atoms with Crippen molar-refractivity contribution >= 4 is 10.0 Å². The summed E-state index contributed by atoms with van der Waals surface area (Å²) in [7, 11) is -3.60. The Bertz CT molecular complexity index is 998. The smallest absolute Gasteiger partial charge is 0.247 e. The van der Waals surface area contributed by atoms with Crippen LogP contribution in [0.1, 0.15) is 30.3 Å². The fraction of sp³-hybridized carbons (Fsp3) is 0.263. The van der Waals surface area contributed by atoms with Crippen molar-refractivity contribution in [3.63, 3.8) is 0 Å². The molecule has 3 aromatic rings. The maximum absolute atomic E-state index is 13.0. The van der Waals surface area contributed by atoms with Gasteiger partial charge in [0, 0.05) is 12.1 Å². The first-order valence-electron chi connectivity index (χ1n) is 8.53. The fourth-order valence-electron chi connectivity index (χ4n) is 3.19. The lowest BCUT2D eigenvalue weighted by Crippen LogP contribution is -2.30. The molecule has 0 spiro atoms. The summed E-state index contributed by atoms with van der Waals surface area (Å²) in [5.41, 5.74) is 1.84. The Hall–Kier alpha value is -2.51. The van der Waals surface area contributed by atoms with Crippen molar-refractivity contribution in [2.75, 3.05) is 6.54 Å². The van der Waals surface area contributed by atoms with Gasteiger partial charge in [-0.05, 0) is 44.0 Å². The highest BCUT2D eigenvalue weighted by Gasteiger charge is 2.39. The Balaban J connectivity index is 1.65. The van der Waals surface area contributed by atoms with E-state index >= 15 is 0 Å². The number of benzene rings is 2. The van der Waals surface area contributed by atoms with Gasteiger partial charge in [-0.3, -0.25) is 0 Å². The highest BCUT2D eigenvalue weighted by atomic mass is 32.2. The molecular formula is C19H19N3O3S. The summed E-state index contributed by atoms with van der Waals surface area (Å²) >= 11 is 0. The molecule has 1 aliphatic rings. The van der Waals surface area contributed by atoms with Gasteiger partial charge in [0.05, 0.1) is 4.90 Å². The van der Waals surface area contributed by atoms with Crippen LogP contribution in [0.3, 0.4) is 0 Å². The zero-order chi connectivity index (χ0) is 18.1. The van der Waals surface area contributed by atoms with Crippen LogP contribution in [0, 0.1) is 6.92 Å². The quantitative estimate of drug-likeness (QED) is 0.703. The lowest BCUT2D eigenvalue weighted by Gasteiger charge is -2.21. The molecule has 0 radical (unpaired) electrons. The van der Waals surface area contributed by atoms with E-state index in [4.69, 9.17) is 4.42 Å². The molecule has 1 unspecified atom stereocenters. The Labute approximate surface area is 152 Å². The molecule has 26 heavy (non-hydrogen) atoms. The van der Waals surface area contributed by atoms with Gasteiger partial charge in [0.1, 0.15) is 6.04 Å². The second kappa shape index (κ2) is 6.66. The third-order valence-corrected chi connectivity index (χ3v) is 6.50. The Morgan fingerprint density at radius 1 is 1.04 bits per heavy atom. The van der Waals surface area contributed by atoms with E-state index in [1.807, 2.05) is 37.3 Å². The van der Waals surface area contributed by atoms with Crippen molar-refractivity contribution in [3.8, 4) is 11.5 Å². The Morgan fingerprint density at radius 3 is 2.50 bits per heavy atom. The Kier molecular flexibility index (Phi) is 4.34. The van der Waals surface area contributed by atoms with Crippen LogP contribution in [0.4, 0.5) is 0 Å². The van der Waals surface area contributed by atoms with E-state index < -0.39 is 16.1 Å². The summed E-state index contributed by atoms with van der Waals surface area (Å²) < 4.78 is 33.4. The first-order valence-corrected chi connectivity index (χ1v) is 9.97. The highest BCUT2D eigenvalue weighted by molar-refractivity contribution is 7.89. The minimum absolute atomic E-state index is 0.290. The fourth-order valence-corrected chi connectivity index (χ4v) is 4.84. The van der Waals surface area contributed by atoms with Gasteiger partial charge in [0.25, 0.3) is 0 Å². The molecular weight excluding hydrogens is 350 g/mol. The first-order chi connectivity index (χ1) is 12.6. The molecule has 2 heterocycles. The number of rotatable bonds is 4. The Morgan fingerprint density at radius 2 is 1.77 bits per heavy atom. The van der Waals surface area contributed by atoms with Gasteiger partial charge in [0.15, 0.2) is 0 Å². The lowest BCUT2D eigenvalue weighted by molar-refractivity contribution is 0.332. The molecule has 1 aliphatic heterocycles. The summed E-state index contributed by atoms with van der Waals surface area (Å²) in [4.78, 5) is 0.290. The minimum atomic E-state index is -3.60. The molecule has 0 bridgehead atoms. The molecule has 1 fully saturated rings. The van der Waals surface area contributed by atoms with E-state index in [-0.39, 0.29) is 4.90 Å². The average molecular weight is 369 g/mol. The molecule has 1 saturated heterocycles. The lowest BCUT2D eigenvalue weighted by atomic mass is 10.2. The number of hydrogen-bond donors (Lipinski definition) is 0. The standard InChI is InChI=1S/C19H19N3O3S/c1-14-9-11-16(12-10-14)26(23,24)22-13-5-8-17(22)19-21-20-18(25-19)15-6-3-2-4-7-15/h2-4,6-7,9-12,17H,5,8,13H2,1H3. The molecule has 0 amide bonds. The van der Waals surface area contributed by atoms with Crippen LogP contribution in [-0.2, 0) is 10.0 Å². The topological polar surface area (TPSA) is 76.3 Å². The monoisotopic (exact) mass is 369 g/mol. The van der Waals surface area contributed by atoms with Crippen LogP contribution in [0.5, 0.6) is 0 Å². The van der Waals surface area contributed by atoms with E-state index in [9.17, 15) is 8.42 Å². The largest absolute Gasteiger partial charge is 0.419 e. The molecule has 2 aromatic carbocycles. The number of aromatic nitrogens is 2. The zero-order valence-corrected chi connectivity index (χ0v) is 15.2. The molecule has 1 aromatic heterocycles. The van der Waals surface area contributed by atoms with E-state index in [0.29, 0.717) is 24.7 Å². The number of nitrogens with zero attached hydrogens (tertiary/aromatic N) is 3. The molecule has 0 aliphatic carbocycles. The van der Waals surface area contributed by atoms with E-state index in [2.05, 4.69) is 10.2 Å². The van der Waals surface area contributed by atoms with Crippen molar-refractivity contribution in [1.29, 1.82) is 0 Å². The van der Waals surface area contributed by atoms with Crippen LogP contribution in [0.25, 0.3) is 11.5 Å². The summed E-state index contributed by atoms with van der Waals surface area (Å²) in [5, 5.41) is 8.22. The summed E-state index contributed by atoms with van der Waals surface area (Å²) in [6.45, 7) is 2.38. The van der Waals surface area contributed by atoms with Crippen molar-refractivity contribution in [1.82, 2.24) is 14.5 Å². The number of aryl methyl sites for hydroxylation is 1. The number of sulfonamides is 1. The van der Waals surface area contributed by atoms with Crippen LogP contribution in [-0.4, -0.2) is 29.5 Å². The van der Waals surface area contributed by atoms with E-state index in [0.717, 1.165) is 17.5 Å². The van der Waals surface area contributed by atoms with Gasteiger partial charge in [-0.2, -0.15) is 4.31 Å². The molecule has 0 saturated carbocycles. The van der Waals surface area contributed by atoms with Crippen LogP contribution < -0.4 is 0 Å². The third kappa shape index (κ3) is 3.04. The molecule has 1 atom stereocenters. The van der Waals surface area contributed by atoms with Gasteiger partial charge < -0.3 is 4.42 Å². The summed E-state index contributed by atoms with van der Waals surface area (Å²) in [6, 6.07) is 15.9. The maximum Gasteiger partial charge on any atom is 0.247 e. The summed E-state index contributed by atoms with van der Waals surface area (Å²) in [6.07, 6.45) is 1.43. The van der Waals surface area contributed by atoms with Gasteiger partial charge in [-0.1, -0.05) is 35.9 Å². The van der Waals surface area contributed by atoms with Crippen LogP contribution in [0.15, 0.2) is 63.9 Å². The van der Waals surface area contributed by atoms with Gasteiger partial charge in [-0.25, -0.2) is 8.42 Å². The summed E-state index contributed by atoms with van der Waals surface area (Å²) in [5.74, 6) is 0.747. The predicted molar refractivity (Wildman–Crippen MR) is 96.8 cm³/mol. The second-order valence-corrected chi connectivity index (χ2v) is 8.29. The molecule has 134 valence electrons. The van der Waals surface area contributed by atoms with Crippen molar-refractivity contribution in [2.45, 2.75) is 30.7 Å². The SMILES string of the molecule is Cc1ccc(S(=O)(=O)N2CCCC2c2nnc(-c3ccccc3)o2)cc1. The van der Waals surface area contributed by atoms with E-state index in [1.54, 1.807) is 24.3 Å². The third-order valence-electron chi connectivity index (χ3n) is 4.58. The normalized spacial score (nSPS) is 18.3. The van der Waals surface area contributed by atoms with Crippen LogP contribution >= 0.6 is 0 Å². The first kappa shape index (κ1) is 16.9. The zero-order valence-electron chi connectivity index (χ0n) is 14.4. The molecule has 7 heteroatoms. The van der Waals surface area contributed by atoms with Crippen molar-refractivity contribution in [3.05, 3.63) is 66.1 Å². The van der Waals surface area contributed by atoms with Crippen LogP contribution in [0.2, 0.25) is 0 Å². The van der Waals surface area contributed by atoms with Gasteiger partial charge >= 0.3 is 0 Å². The molecule has 0 N–H and O–H groups in total. The van der Waals surface area contributed by atoms with Crippen molar-refractivity contribution < 1.29 is 12.8 Å². The van der Waals surface area contributed by atoms with E-state index in [1.165, 1.54) is 4.31 Å². The maximum atomic E-state index is 13.0. The highest BCUT2D eigenvalue weighted by Crippen LogP contribution is 2.36. The molecule has 4 rings (SSSR count). The average Bonchev–Trinajstić information content (AvgIpc) is 3.32. The van der Waals surface area contributed by atoms with Crippen molar-refractivity contribution in [2.24, 2.45) is 0 Å². The second-order valence-electron chi connectivity index (χ2n) is 6.40. The van der Waals surface area contributed by atoms with Gasteiger partial charge in [-0.15, -0.1) is 10.2 Å². The van der Waals surface area contributed by atoms with Gasteiger partial charge in [0.2, 0.25) is 21.8 Å². The predicted octanol–water partition coefficient (Wildman–Crippen LogP) is 3.57.